The van der Waals surface area contributed by atoms with Gasteiger partial charge in [0.05, 0.1) is 11.8 Å². The molecule has 4 heterocycles. The van der Waals surface area contributed by atoms with Crippen molar-refractivity contribution in [1.82, 2.24) is 24.8 Å². The standard InChI is InChI=1S/C39H43F3N8OS/c1-23-26(18-49-10-8-28(9-11-49)47-35-32-15-30(16-39(40,41)42)52-36(32)46-22-45-35)6-7-33-31(23)14-29(17-43)50(33)21-37-19-38(20-37,24(37)2)48-34(51)13-25-4-3-5-27(44)12-25/h3-7,12,14-15,22,24,28,34,48,51H,8-11,13,16,18-21,44H2,1-2H3,(H,45,46,47)/t24-,34?,37?,38?/m0/s1. The van der Waals surface area contributed by atoms with E-state index in [9.17, 15) is 23.5 Å². The van der Waals surface area contributed by atoms with Crippen LogP contribution in [0.5, 0.6) is 0 Å². The number of nitrogens with zero attached hydrogens (tertiary/aromatic N) is 5. The Hall–Kier alpha value is -4.22. The number of fused-ring (bicyclic) bond motifs is 2. The summed E-state index contributed by atoms with van der Waals surface area (Å²) in [5.74, 6) is 0.966. The van der Waals surface area contributed by atoms with E-state index >= 15 is 0 Å². The Morgan fingerprint density at radius 2 is 1.90 bits per heavy atom. The van der Waals surface area contributed by atoms with Crippen molar-refractivity contribution in [3.63, 3.8) is 0 Å². The number of nitrogen functional groups attached to an aromatic ring is 1. The highest BCUT2D eigenvalue weighted by molar-refractivity contribution is 7.18. The number of nitriles is 1. The number of thiophene rings is 1. The fourth-order valence-corrected chi connectivity index (χ4v) is 10.2. The highest BCUT2D eigenvalue weighted by atomic mass is 32.1. The number of nitrogens with one attached hydrogen (secondary N) is 2. The van der Waals surface area contributed by atoms with Gasteiger partial charge < -0.3 is 20.7 Å². The first kappa shape index (κ1) is 34.8. The molecule has 2 bridgehead atoms. The molecule has 1 saturated heterocycles. The zero-order chi connectivity index (χ0) is 36.4. The minimum absolute atomic E-state index is 0.0767. The van der Waals surface area contributed by atoms with Gasteiger partial charge in [-0.05, 0) is 91.0 Å². The molecule has 52 heavy (non-hydrogen) atoms. The Morgan fingerprint density at radius 1 is 1.12 bits per heavy atom. The van der Waals surface area contributed by atoms with E-state index in [1.807, 2.05) is 30.3 Å². The first-order valence-corrected chi connectivity index (χ1v) is 18.8. The largest absolute Gasteiger partial charge is 0.399 e. The summed E-state index contributed by atoms with van der Waals surface area (Å²) in [5.41, 5.74) is 11.8. The molecule has 9 nitrogen and oxygen atoms in total. The molecule has 4 aliphatic rings. The highest BCUT2D eigenvalue weighted by Gasteiger charge is 2.73. The van der Waals surface area contributed by atoms with Crippen molar-refractivity contribution in [3.8, 4) is 6.07 Å². The summed E-state index contributed by atoms with van der Waals surface area (Å²) >= 11 is 1.07. The van der Waals surface area contributed by atoms with Gasteiger partial charge in [-0.3, -0.25) is 10.2 Å². The molecule has 0 radical (unpaired) electrons. The summed E-state index contributed by atoms with van der Waals surface area (Å²) in [6, 6.07) is 18.2. The average molecular weight is 729 g/mol. The summed E-state index contributed by atoms with van der Waals surface area (Å²) in [5, 5.41) is 29.8. The lowest BCUT2D eigenvalue weighted by molar-refractivity contribution is -0.241. The molecule has 1 unspecified atom stereocenters. The molecular weight excluding hydrogens is 686 g/mol. The SMILES string of the molecule is Cc1c(CN2CCC(Nc3ncnc4sc(CC(F)(F)F)cc34)CC2)ccc2c1cc(C#N)n2CC12CC(NC(O)Cc3cccc(N)c3)(C1)[C@H]2C. The van der Waals surface area contributed by atoms with Crippen molar-refractivity contribution in [2.75, 3.05) is 24.1 Å². The fourth-order valence-electron chi connectivity index (χ4n) is 9.19. The number of halogens is 3. The van der Waals surface area contributed by atoms with Crippen LogP contribution in [0, 0.1) is 29.6 Å². The minimum Gasteiger partial charge on any atom is -0.399 e. The molecular formula is C39H43F3N8OS. The van der Waals surface area contributed by atoms with Crippen molar-refractivity contribution in [1.29, 1.82) is 5.26 Å². The zero-order valence-corrected chi connectivity index (χ0v) is 30.1. The smallest absolute Gasteiger partial charge is 0.393 e. The van der Waals surface area contributed by atoms with Crippen molar-refractivity contribution >= 4 is 44.0 Å². The molecule has 9 rings (SSSR count). The van der Waals surface area contributed by atoms with Crippen LogP contribution in [0.3, 0.4) is 0 Å². The predicted octanol–water partition coefficient (Wildman–Crippen LogP) is 6.91. The van der Waals surface area contributed by atoms with Crippen LogP contribution < -0.4 is 16.4 Å². The number of hydrogen-bond donors (Lipinski definition) is 4. The van der Waals surface area contributed by atoms with Gasteiger partial charge in [0.15, 0.2) is 0 Å². The number of hydrogen-bond acceptors (Lipinski definition) is 9. The molecule has 13 heteroatoms. The lowest BCUT2D eigenvalue weighted by Gasteiger charge is -2.76. The number of anilines is 2. The van der Waals surface area contributed by atoms with Crippen LogP contribution in [-0.4, -0.2) is 61.6 Å². The first-order valence-electron chi connectivity index (χ1n) is 17.9. The van der Waals surface area contributed by atoms with Crippen LogP contribution in [0.1, 0.15) is 59.9 Å². The van der Waals surface area contributed by atoms with E-state index in [4.69, 9.17) is 5.73 Å². The normalized spacial score (nSPS) is 24.1. The molecule has 3 aromatic heterocycles. The summed E-state index contributed by atoms with van der Waals surface area (Å²) < 4.78 is 41.2. The Kier molecular flexibility index (Phi) is 8.72. The maximum atomic E-state index is 13.0. The van der Waals surface area contributed by atoms with E-state index in [-0.39, 0.29) is 21.9 Å². The number of nitrogens with two attached hydrogens (primary N) is 1. The lowest BCUT2D eigenvalue weighted by atomic mass is 9.33. The van der Waals surface area contributed by atoms with Gasteiger partial charge in [0, 0.05) is 65.6 Å². The van der Waals surface area contributed by atoms with E-state index < -0.39 is 18.8 Å². The van der Waals surface area contributed by atoms with Gasteiger partial charge in [0.25, 0.3) is 0 Å². The van der Waals surface area contributed by atoms with Crippen LogP contribution in [0.4, 0.5) is 24.7 Å². The lowest BCUT2D eigenvalue weighted by Crippen LogP contribution is -2.82. The maximum Gasteiger partial charge on any atom is 0.393 e. The molecule has 4 fully saturated rings. The molecule has 0 amide bonds. The average Bonchev–Trinajstić information content (AvgIpc) is 3.66. The van der Waals surface area contributed by atoms with Gasteiger partial charge >= 0.3 is 6.18 Å². The highest BCUT2D eigenvalue weighted by Crippen LogP contribution is 2.72. The van der Waals surface area contributed by atoms with Gasteiger partial charge in [0.2, 0.25) is 0 Å². The monoisotopic (exact) mass is 728 g/mol. The number of benzene rings is 2. The second kappa shape index (κ2) is 13.0. The number of aromatic nitrogens is 3. The van der Waals surface area contributed by atoms with Crippen LogP contribution in [0.2, 0.25) is 0 Å². The molecule has 3 saturated carbocycles. The minimum atomic E-state index is -4.26. The van der Waals surface area contributed by atoms with Crippen LogP contribution in [0.15, 0.2) is 54.9 Å². The van der Waals surface area contributed by atoms with E-state index in [1.165, 1.54) is 17.5 Å². The molecule has 1 aliphatic heterocycles. The third kappa shape index (κ3) is 6.40. The third-order valence-corrected chi connectivity index (χ3v) is 13.1. The Balaban J connectivity index is 0.891. The molecule has 5 aromatic rings. The van der Waals surface area contributed by atoms with E-state index in [0.717, 1.165) is 79.7 Å². The number of aliphatic hydroxyl groups excluding tert-OH is 1. The Labute approximate surface area is 304 Å². The van der Waals surface area contributed by atoms with E-state index in [0.29, 0.717) is 39.8 Å². The number of piperidine rings is 1. The number of aliphatic hydroxyl groups is 1. The molecule has 3 aliphatic carbocycles. The first-order chi connectivity index (χ1) is 24.8. The van der Waals surface area contributed by atoms with Crippen LogP contribution in [-0.2, 0) is 25.9 Å². The molecule has 0 spiro atoms. The fraction of sp³-hybridized carbons (Fsp3) is 0.462. The van der Waals surface area contributed by atoms with Gasteiger partial charge in [-0.2, -0.15) is 18.4 Å². The topological polar surface area (TPSA) is 128 Å². The van der Waals surface area contributed by atoms with Crippen LogP contribution >= 0.6 is 11.3 Å². The molecule has 2 atom stereocenters. The number of aryl methyl sites for hydroxylation is 1. The van der Waals surface area contributed by atoms with Crippen molar-refractivity contribution in [2.24, 2.45) is 11.3 Å². The Morgan fingerprint density at radius 3 is 2.62 bits per heavy atom. The van der Waals surface area contributed by atoms with Gasteiger partial charge in [-0.25, -0.2) is 9.97 Å². The van der Waals surface area contributed by atoms with Gasteiger partial charge in [-0.15, -0.1) is 11.3 Å². The van der Waals surface area contributed by atoms with Crippen molar-refractivity contribution in [2.45, 2.75) is 89.4 Å². The second-order valence-corrected chi connectivity index (χ2v) is 16.5. The van der Waals surface area contributed by atoms with Gasteiger partial charge in [-0.1, -0.05) is 25.1 Å². The quantitative estimate of drug-likeness (QED) is 0.0854. The maximum absolute atomic E-state index is 13.0. The zero-order valence-electron chi connectivity index (χ0n) is 29.3. The van der Waals surface area contributed by atoms with E-state index in [1.54, 1.807) is 6.07 Å². The Bertz CT molecular complexity index is 2170. The number of rotatable bonds is 11. The van der Waals surface area contributed by atoms with Crippen molar-refractivity contribution in [3.05, 3.63) is 82.1 Å². The summed E-state index contributed by atoms with van der Waals surface area (Å²) in [7, 11) is 0. The summed E-state index contributed by atoms with van der Waals surface area (Å²) in [4.78, 5) is 11.8. The summed E-state index contributed by atoms with van der Waals surface area (Å²) in [6.07, 6.45) is -0.247. The van der Waals surface area contributed by atoms with E-state index in [2.05, 4.69) is 62.1 Å². The third-order valence-electron chi connectivity index (χ3n) is 12.0. The summed E-state index contributed by atoms with van der Waals surface area (Å²) in [6.45, 7) is 7.75. The van der Waals surface area contributed by atoms with Crippen LogP contribution in [0.25, 0.3) is 21.1 Å². The molecule has 5 N–H and O–H groups in total. The number of alkyl halides is 3. The van der Waals surface area contributed by atoms with Crippen molar-refractivity contribution < 1.29 is 18.3 Å². The number of likely N-dealkylation sites (tertiary alicyclic amines) is 1. The van der Waals surface area contributed by atoms with Gasteiger partial charge in [0.1, 0.15) is 35.0 Å². The molecule has 2 aromatic carbocycles. The molecule has 272 valence electrons. The second-order valence-electron chi connectivity index (χ2n) is 15.4. The predicted molar refractivity (Wildman–Crippen MR) is 198 cm³/mol.